The van der Waals surface area contributed by atoms with Crippen LogP contribution >= 0.6 is 39.0 Å². The number of hydrogen-bond donors (Lipinski definition) is 1. The molecule has 190 valence electrons. The van der Waals surface area contributed by atoms with Gasteiger partial charge in [-0.25, -0.2) is 4.90 Å². The monoisotopic (exact) mass is 606 g/mol. The highest BCUT2D eigenvalue weighted by molar-refractivity contribution is 9.10. The van der Waals surface area contributed by atoms with Crippen LogP contribution < -0.4 is 9.77 Å². The van der Waals surface area contributed by atoms with Crippen LogP contribution in [0.15, 0.2) is 62.8 Å². The lowest BCUT2D eigenvalue weighted by Gasteiger charge is -2.43. The van der Waals surface area contributed by atoms with Gasteiger partial charge in [0.15, 0.2) is 0 Å². The van der Waals surface area contributed by atoms with Gasteiger partial charge in [-0.15, -0.1) is 11.8 Å². The molecule has 2 bridgehead atoms. The predicted octanol–water partition coefficient (Wildman–Crippen LogP) is 5.90. The van der Waals surface area contributed by atoms with Crippen LogP contribution in [0.1, 0.15) is 28.3 Å². The number of carbonyl (C=O) groups excluding carboxylic acids is 2. The van der Waals surface area contributed by atoms with E-state index in [4.69, 9.17) is 0 Å². The summed E-state index contributed by atoms with van der Waals surface area (Å²) >= 11 is 6.26. The Balaban J connectivity index is 1.33. The normalized spacial score (nSPS) is 32.0. The fourth-order valence-corrected chi connectivity index (χ4v) is 10.5. The van der Waals surface area contributed by atoms with Gasteiger partial charge in [-0.1, -0.05) is 51.5 Å². The number of aromatic nitrogens is 1. The van der Waals surface area contributed by atoms with Gasteiger partial charge in [0, 0.05) is 20.5 Å². The number of rotatable bonds is 2. The highest BCUT2D eigenvalue weighted by Gasteiger charge is 2.70. The fraction of sp³-hybridized carbons (Fsp3) is 0.346. The van der Waals surface area contributed by atoms with Gasteiger partial charge in [-0.3, -0.25) is 14.4 Å². The number of carbonyl (C=O) groups is 2. The molecule has 1 saturated heterocycles. The van der Waals surface area contributed by atoms with E-state index in [0.717, 1.165) is 30.9 Å². The van der Waals surface area contributed by atoms with E-state index in [1.807, 2.05) is 24.3 Å². The first kappa shape index (κ1) is 23.7. The Hall–Kier alpha value is -2.37. The van der Waals surface area contributed by atoms with Crippen LogP contribution in [-0.2, 0) is 15.8 Å². The summed E-state index contributed by atoms with van der Waals surface area (Å²) in [5, 5.41) is 0.768. The molecule has 0 radical (unpaired) electrons. The van der Waals surface area contributed by atoms with E-state index >= 15 is 0 Å². The molecule has 5 nitrogen and oxygen atoms in total. The molecular weight excluding hydrogens is 589 g/mol. The zero-order valence-corrected chi connectivity index (χ0v) is 22.1. The molecule has 2 aliphatic carbocycles. The van der Waals surface area contributed by atoms with Crippen molar-refractivity contribution >= 4 is 56.5 Å². The maximum atomic E-state index is 13.8. The summed E-state index contributed by atoms with van der Waals surface area (Å²) in [7, 11) is 0. The molecule has 7 atom stereocenters. The molecule has 3 aromatic rings. The van der Waals surface area contributed by atoms with Gasteiger partial charge in [-0.05, 0) is 54.0 Å². The average Bonchev–Trinajstić information content (AvgIpc) is 3.57. The zero-order valence-electron chi connectivity index (χ0n) is 18.9. The molecule has 4 aliphatic rings. The van der Waals surface area contributed by atoms with Crippen molar-refractivity contribution < 1.29 is 22.8 Å². The Bertz CT molecular complexity index is 1540. The molecule has 1 N–H and O–H groups in total. The first-order valence-corrected chi connectivity index (χ1v) is 14.3. The standard InChI is InChI=1S/C26H18BrF3N2O3S2/c27-11-5-3-4-10(8-11)16-17-12-9-13(20(17)36-22-21(16)37-25(35)31-22)19-18(12)23(33)32(24(19)34)15-7-2-1-6-14(15)26(28,29)30/h1-8,12-13,16-20H,9H2,(H,31,35)/t12-,13-,16+,17+,18+,19+,20-/m1/s1. The third kappa shape index (κ3) is 3.32. The van der Waals surface area contributed by atoms with Gasteiger partial charge in [0.2, 0.25) is 11.8 Å². The van der Waals surface area contributed by atoms with Crippen molar-refractivity contribution in [2.45, 2.75) is 28.8 Å². The molecule has 3 fully saturated rings. The van der Waals surface area contributed by atoms with Crippen LogP contribution in [0, 0.1) is 29.6 Å². The van der Waals surface area contributed by atoms with E-state index in [-0.39, 0.29) is 39.5 Å². The lowest BCUT2D eigenvalue weighted by Crippen LogP contribution is -2.42. The quantitative estimate of drug-likeness (QED) is 0.369. The number of thiazole rings is 1. The second-order valence-electron chi connectivity index (χ2n) is 10.0. The molecule has 2 aliphatic heterocycles. The van der Waals surface area contributed by atoms with Crippen LogP contribution in [0.2, 0.25) is 0 Å². The van der Waals surface area contributed by atoms with Crippen LogP contribution in [0.4, 0.5) is 18.9 Å². The smallest absolute Gasteiger partial charge is 0.307 e. The highest BCUT2D eigenvalue weighted by atomic mass is 79.9. The summed E-state index contributed by atoms with van der Waals surface area (Å²) in [5.41, 5.74) is -0.356. The number of para-hydroxylation sites is 1. The van der Waals surface area contributed by atoms with Crippen molar-refractivity contribution in [3.63, 3.8) is 0 Å². The number of anilines is 1. The topological polar surface area (TPSA) is 70.2 Å². The summed E-state index contributed by atoms with van der Waals surface area (Å²) in [6.45, 7) is 0. The van der Waals surface area contributed by atoms with E-state index < -0.39 is 35.4 Å². The van der Waals surface area contributed by atoms with Crippen molar-refractivity contribution in [2.75, 3.05) is 4.90 Å². The summed E-state index contributed by atoms with van der Waals surface area (Å²) < 4.78 is 42.3. The summed E-state index contributed by atoms with van der Waals surface area (Å²) in [5.74, 6) is -2.87. The Kier molecular flexibility index (Phi) is 5.17. The van der Waals surface area contributed by atoms with E-state index in [9.17, 15) is 27.6 Å². The second kappa shape index (κ2) is 8.07. The van der Waals surface area contributed by atoms with E-state index in [1.54, 1.807) is 11.8 Å². The van der Waals surface area contributed by atoms with E-state index in [2.05, 4.69) is 20.9 Å². The summed E-state index contributed by atoms with van der Waals surface area (Å²) in [4.78, 5) is 44.3. The number of thioether (sulfide) groups is 1. The van der Waals surface area contributed by atoms with Gasteiger partial charge in [0.1, 0.15) is 0 Å². The Labute approximate surface area is 225 Å². The molecule has 11 heteroatoms. The fourth-order valence-electron chi connectivity index (χ4n) is 7.24. The molecule has 2 saturated carbocycles. The Morgan fingerprint density at radius 3 is 2.43 bits per heavy atom. The minimum absolute atomic E-state index is 0.0148. The number of hydrogen-bond acceptors (Lipinski definition) is 5. The largest absolute Gasteiger partial charge is 0.418 e. The number of imide groups is 1. The molecule has 2 amide bonds. The molecule has 3 heterocycles. The predicted molar refractivity (Wildman–Crippen MR) is 137 cm³/mol. The maximum absolute atomic E-state index is 13.8. The minimum Gasteiger partial charge on any atom is -0.307 e. The van der Waals surface area contributed by atoms with Gasteiger partial charge < -0.3 is 4.98 Å². The molecule has 0 spiro atoms. The van der Waals surface area contributed by atoms with Gasteiger partial charge in [0.05, 0.1) is 28.1 Å². The van der Waals surface area contributed by atoms with Crippen molar-refractivity contribution in [2.24, 2.45) is 29.6 Å². The number of alkyl halides is 3. The molecule has 37 heavy (non-hydrogen) atoms. The first-order chi connectivity index (χ1) is 17.6. The van der Waals surface area contributed by atoms with Gasteiger partial charge in [-0.2, -0.15) is 13.2 Å². The third-order valence-corrected chi connectivity index (χ3v) is 11.5. The second-order valence-corrected chi connectivity index (χ2v) is 13.2. The van der Waals surface area contributed by atoms with Crippen molar-refractivity contribution in [3.8, 4) is 0 Å². The average molecular weight is 607 g/mol. The number of halogens is 4. The van der Waals surface area contributed by atoms with E-state index in [0.29, 0.717) is 6.42 Å². The number of benzene rings is 2. The van der Waals surface area contributed by atoms with Gasteiger partial charge in [0.25, 0.3) is 0 Å². The summed E-state index contributed by atoms with van der Waals surface area (Å²) in [6.07, 6.45) is -4.02. The zero-order chi connectivity index (χ0) is 25.8. The number of nitrogens with zero attached hydrogens (tertiary/aromatic N) is 1. The first-order valence-electron chi connectivity index (χ1n) is 11.8. The SMILES string of the molecule is O=C1[C@H]2[C@H]3C[C@@H]([C@@H]2C(=O)N1c1ccccc1C(F)(F)F)[C@H]1[C@H](c2cccc(Br)c2)c2sc(=O)[nH]c2S[C@H]31. The maximum Gasteiger partial charge on any atom is 0.418 e. The molecule has 1 aromatic heterocycles. The van der Waals surface area contributed by atoms with E-state index in [1.165, 1.54) is 29.5 Å². The molecular formula is C26H18BrF3N2O3S2. The van der Waals surface area contributed by atoms with Crippen molar-refractivity contribution in [3.05, 3.63) is 78.7 Å². The lowest BCUT2D eigenvalue weighted by molar-refractivity contribution is -0.137. The lowest BCUT2D eigenvalue weighted by atomic mass is 9.68. The number of nitrogens with one attached hydrogen (secondary N) is 1. The third-order valence-electron chi connectivity index (χ3n) is 8.38. The summed E-state index contributed by atoms with van der Waals surface area (Å²) in [6, 6.07) is 12.7. The van der Waals surface area contributed by atoms with Gasteiger partial charge >= 0.3 is 11.0 Å². The number of H-pyrrole nitrogens is 1. The Morgan fingerprint density at radius 2 is 1.70 bits per heavy atom. The number of fused-ring (bicyclic) bond motifs is 9. The molecule has 0 unspecified atom stereocenters. The van der Waals surface area contributed by atoms with Crippen LogP contribution in [0.5, 0.6) is 0 Å². The van der Waals surface area contributed by atoms with Crippen LogP contribution in [0.25, 0.3) is 0 Å². The number of amides is 2. The Morgan fingerprint density at radius 1 is 0.973 bits per heavy atom. The highest BCUT2D eigenvalue weighted by Crippen LogP contribution is 2.68. The molecule has 7 rings (SSSR count). The molecule has 2 aromatic carbocycles. The van der Waals surface area contributed by atoms with Crippen molar-refractivity contribution in [1.29, 1.82) is 0 Å². The number of aromatic amines is 1. The minimum atomic E-state index is -4.69. The van der Waals surface area contributed by atoms with Crippen molar-refractivity contribution in [1.82, 2.24) is 4.98 Å². The van der Waals surface area contributed by atoms with Crippen LogP contribution in [0.3, 0.4) is 0 Å². The van der Waals surface area contributed by atoms with Crippen LogP contribution in [-0.4, -0.2) is 22.0 Å².